The lowest BCUT2D eigenvalue weighted by Crippen LogP contribution is -2.45. The molecule has 3 N–H and O–H groups in total. The molecule has 318 valence electrons. The Morgan fingerprint density at radius 1 is 1.02 bits per heavy atom. The van der Waals surface area contributed by atoms with E-state index in [1.807, 2.05) is 18.2 Å². The van der Waals surface area contributed by atoms with Crippen LogP contribution >= 0.6 is 0 Å². The molecule has 2 heterocycles. The van der Waals surface area contributed by atoms with E-state index in [2.05, 4.69) is 37.5 Å². The molecule has 59 heavy (non-hydrogen) atoms. The number of benzene rings is 2. The van der Waals surface area contributed by atoms with Crippen LogP contribution in [0.5, 0.6) is 0 Å². The van der Waals surface area contributed by atoms with E-state index in [0.29, 0.717) is 34.1 Å². The molecule has 12 heteroatoms. The molecule has 2 aromatic carbocycles. The van der Waals surface area contributed by atoms with Crippen molar-refractivity contribution in [1.29, 1.82) is 0 Å². The molecule has 3 aliphatic carbocycles. The number of rotatable bonds is 12. The molecule has 2 amide bonds. The summed E-state index contributed by atoms with van der Waals surface area (Å²) >= 11 is 0. The molecule has 7 rings (SSSR count). The topological polar surface area (TPSA) is 162 Å². The lowest BCUT2D eigenvalue weighted by Gasteiger charge is -2.53. The van der Waals surface area contributed by atoms with Crippen molar-refractivity contribution in [2.75, 3.05) is 13.4 Å². The molecule has 2 aromatic rings. The van der Waals surface area contributed by atoms with Gasteiger partial charge >= 0.3 is 11.9 Å². The van der Waals surface area contributed by atoms with Gasteiger partial charge in [-0.15, -0.1) is 0 Å². The molecular formula is C47H60N2O10. The average molecular weight is 813 g/mol. The number of allylic oxidation sites excluding steroid dienone is 1. The van der Waals surface area contributed by atoms with E-state index < -0.39 is 47.8 Å². The summed E-state index contributed by atoms with van der Waals surface area (Å²) in [6.07, 6.45) is 8.01. The van der Waals surface area contributed by atoms with Crippen LogP contribution in [0.4, 0.5) is 0 Å². The van der Waals surface area contributed by atoms with Gasteiger partial charge in [0.05, 0.1) is 29.9 Å². The summed E-state index contributed by atoms with van der Waals surface area (Å²) in [7, 11) is 0. The number of hydrogen-bond donors (Lipinski definition) is 3. The Kier molecular flexibility index (Phi) is 12.5. The van der Waals surface area contributed by atoms with Crippen molar-refractivity contribution in [2.45, 2.75) is 141 Å². The minimum absolute atomic E-state index is 0.0104. The molecule has 1 unspecified atom stereocenters. The van der Waals surface area contributed by atoms with Crippen molar-refractivity contribution in [3.63, 3.8) is 0 Å². The number of epoxide rings is 1. The van der Waals surface area contributed by atoms with Gasteiger partial charge in [-0.1, -0.05) is 55.8 Å². The fourth-order valence-electron chi connectivity index (χ4n) is 9.42. The van der Waals surface area contributed by atoms with Gasteiger partial charge in [-0.05, 0) is 119 Å². The fraction of sp³-hybridized carbons (Fsp3) is 0.574. The van der Waals surface area contributed by atoms with Crippen molar-refractivity contribution in [3.05, 3.63) is 88.0 Å². The molecule has 2 saturated heterocycles. The number of nitrogens with one attached hydrogen (secondary N) is 2. The van der Waals surface area contributed by atoms with Crippen LogP contribution < -0.4 is 10.6 Å². The molecule has 0 aromatic heterocycles. The van der Waals surface area contributed by atoms with Crippen molar-refractivity contribution in [2.24, 2.45) is 17.3 Å². The summed E-state index contributed by atoms with van der Waals surface area (Å²) < 4.78 is 29.4. The summed E-state index contributed by atoms with van der Waals surface area (Å²) in [5, 5.41) is 15.6. The Morgan fingerprint density at radius 2 is 1.81 bits per heavy atom. The molecular weight excluding hydrogens is 753 g/mol. The van der Waals surface area contributed by atoms with E-state index in [1.54, 1.807) is 57.2 Å². The number of carbonyl (C=O) groups excluding carboxylic acids is 4. The number of amides is 2. The monoisotopic (exact) mass is 812 g/mol. The number of ether oxygens (including phenoxy) is 5. The molecule has 12 nitrogen and oxygen atoms in total. The van der Waals surface area contributed by atoms with Crippen molar-refractivity contribution >= 4 is 29.8 Å². The third-order valence-electron chi connectivity index (χ3n) is 12.8. The molecule has 8 atom stereocenters. The predicted octanol–water partition coefficient (Wildman–Crippen LogP) is 6.59. The van der Waals surface area contributed by atoms with Crippen LogP contribution in [0.3, 0.4) is 0 Å². The Labute approximate surface area is 347 Å². The Bertz CT molecular complexity index is 1980. The van der Waals surface area contributed by atoms with E-state index in [-0.39, 0.29) is 62.2 Å². The third-order valence-corrected chi connectivity index (χ3v) is 12.8. The van der Waals surface area contributed by atoms with Gasteiger partial charge in [0.15, 0.2) is 0 Å². The van der Waals surface area contributed by atoms with Gasteiger partial charge in [0, 0.05) is 30.5 Å². The van der Waals surface area contributed by atoms with Crippen LogP contribution in [-0.4, -0.2) is 83.9 Å². The maximum Gasteiger partial charge on any atom is 0.339 e. The first-order valence-corrected chi connectivity index (χ1v) is 21.1. The van der Waals surface area contributed by atoms with Gasteiger partial charge in [0.1, 0.15) is 30.7 Å². The van der Waals surface area contributed by atoms with Crippen LogP contribution in [0, 0.1) is 17.3 Å². The average Bonchev–Trinajstić information content (AvgIpc) is 3.56. The van der Waals surface area contributed by atoms with Crippen LogP contribution in [0.1, 0.15) is 125 Å². The second kappa shape index (κ2) is 17.3. The third kappa shape index (κ3) is 10.2. The van der Waals surface area contributed by atoms with Crippen molar-refractivity contribution in [3.8, 4) is 0 Å². The standard InChI is InChI=1S/C47H60N2O10/c1-45(2,3)59-40(51)17-15-33(26-50)49-43(53)31-12-9-10-28(20-31)25-48-42(52)32-22-37-41(56-27-55-37)38(23-32)57-44(54)34-13-8-7-11-29(34)21-30-14-16-39-47(6,58-39)19-18-36-35(30)24-46(36,4)5/h7-13,20-22,33,35-39,41,50H,14-19,23-27H2,1-6H3,(H,48,52)(H,49,53)/t33-,35+,36+,37+,38+,39?,41+,47+/m0/s1. The first kappa shape index (κ1) is 42.8. The Balaban J connectivity index is 0.976. The highest BCUT2D eigenvalue weighted by Crippen LogP contribution is 2.59. The highest BCUT2D eigenvalue weighted by Gasteiger charge is 2.56. The van der Waals surface area contributed by atoms with Crippen molar-refractivity contribution < 1.29 is 48.0 Å². The second-order valence-corrected chi connectivity index (χ2v) is 18.8. The molecule has 0 radical (unpaired) electrons. The highest BCUT2D eigenvalue weighted by atomic mass is 16.7. The first-order valence-electron chi connectivity index (χ1n) is 21.1. The van der Waals surface area contributed by atoms with Gasteiger partial charge in [0.2, 0.25) is 5.91 Å². The number of fused-ring (bicyclic) bond motifs is 3. The number of esters is 2. The number of hydrogen-bond acceptors (Lipinski definition) is 10. The smallest absolute Gasteiger partial charge is 0.339 e. The zero-order valence-electron chi connectivity index (χ0n) is 35.2. The molecule has 2 aliphatic heterocycles. The summed E-state index contributed by atoms with van der Waals surface area (Å²) in [6.45, 7) is 12.1. The van der Waals surface area contributed by atoms with E-state index in [9.17, 15) is 24.3 Å². The number of aliphatic hydroxyl groups is 1. The minimum Gasteiger partial charge on any atom is -0.460 e. The first-order chi connectivity index (χ1) is 28.0. The van der Waals surface area contributed by atoms with Gasteiger partial charge in [-0.3, -0.25) is 14.4 Å². The summed E-state index contributed by atoms with van der Waals surface area (Å²) in [6, 6.07) is 13.7. The highest BCUT2D eigenvalue weighted by molar-refractivity contribution is 5.96. The Morgan fingerprint density at radius 3 is 2.58 bits per heavy atom. The zero-order chi connectivity index (χ0) is 42.1. The van der Waals surface area contributed by atoms with E-state index in [0.717, 1.165) is 37.7 Å². The maximum atomic E-state index is 14.0. The van der Waals surface area contributed by atoms with Gasteiger partial charge in [0.25, 0.3) is 5.91 Å². The van der Waals surface area contributed by atoms with Crippen LogP contribution in [-0.2, 0) is 39.8 Å². The van der Waals surface area contributed by atoms with Crippen molar-refractivity contribution in [1.82, 2.24) is 10.6 Å². The minimum atomic E-state index is -0.755. The lowest BCUT2D eigenvalue weighted by atomic mass is 9.52. The maximum absolute atomic E-state index is 14.0. The summed E-state index contributed by atoms with van der Waals surface area (Å²) in [4.78, 5) is 52.9. The van der Waals surface area contributed by atoms with Gasteiger partial charge < -0.3 is 39.4 Å². The normalized spacial score (nSPS) is 29.4. The van der Waals surface area contributed by atoms with E-state index in [4.69, 9.17) is 23.7 Å². The van der Waals surface area contributed by atoms with Gasteiger partial charge in [-0.2, -0.15) is 0 Å². The molecule has 0 bridgehead atoms. The zero-order valence-corrected chi connectivity index (χ0v) is 35.2. The van der Waals surface area contributed by atoms with Crippen LogP contribution in [0.25, 0.3) is 6.08 Å². The molecule has 5 aliphatic rings. The predicted molar refractivity (Wildman–Crippen MR) is 220 cm³/mol. The Hall–Kier alpha value is -4.36. The lowest BCUT2D eigenvalue weighted by molar-refractivity contribution is -0.155. The SMILES string of the molecule is CC(C)(C)OC(=O)CC[C@@H](CO)NC(=O)c1cccc(CNC(=O)C2=C[C@H]3OCO[C@H]3[C@H](OC(=O)c3ccccc3C=C3CCC4O[C@]4(C)CC[C@@H]4[C@@H]3CC4(C)C)C2)c1. The second-order valence-electron chi connectivity index (χ2n) is 18.8. The van der Waals surface area contributed by atoms with Crippen LogP contribution in [0.15, 0.2) is 65.8 Å². The quantitative estimate of drug-likeness (QED) is 0.158. The largest absolute Gasteiger partial charge is 0.460 e. The van der Waals surface area contributed by atoms with E-state index >= 15 is 0 Å². The molecule has 2 saturated carbocycles. The number of carbonyl (C=O) groups is 4. The number of aliphatic hydroxyl groups excluding tert-OH is 1. The van der Waals surface area contributed by atoms with Gasteiger partial charge in [-0.25, -0.2) is 4.79 Å². The molecule has 0 spiro atoms. The molecule has 4 fully saturated rings. The summed E-state index contributed by atoms with van der Waals surface area (Å²) in [5.74, 6) is -0.608. The fourth-order valence-corrected chi connectivity index (χ4v) is 9.42. The van der Waals surface area contributed by atoms with E-state index in [1.165, 1.54) is 5.57 Å². The van der Waals surface area contributed by atoms with Crippen LogP contribution in [0.2, 0.25) is 0 Å². The summed E-state index contributed by atoms with van der Waals surface area (Å²) in [5.41, 5.74) is 3.73.